The van der Waals surface area contributed by atoms with Gasteiger partial charge in [0.05, 0.1) is 6.61 Å². The lowest BCUT2D eigenvalue weighted by Gasteiger charge is -2.29. The molecule has 0 bridgehead atoms. The molecular weight excluding hydrogens is 352 g/mol. The second-order valence-corrected chi connectivity index (χ2v) is 9.46. The molecule has 0 N–H and O–H groups in total. The standard InChI is InChI=1S/C28H48O/c1-3-5-7-9-11-13-15-25-16-18-26(19-17-25)27-20-22-28(23-21-27)29-24-14-12-10-8-6-4-2/h20-23,25-26H,3-19,24H2,1-2H3. The van der Waals surface area contributed by atoms with E-state index in [0.717, 1.165) is 24.2 Å². The van der Waals surface area contributed by atoms with Crippen LogP contribution in [0.2, 0.25) is 0 Å². The molecule has 1 aliphatic rings. The van der Waals surface area contributed by atoms with Crippen molar-refractivity contribution in [3.63, 3.8) is 0 Å². The van der Waals surface area contributed by atoms with Gasteiger partial charge in [-0.2, -0.15) is 0 Å². The summed E-state index contributed by atoms with van der Waals surface area (Å²) in [5.41, 5.74) is 1.54. The summed E-state index contributed by atoms with van der Waals surface area (Å²) in [4.78, 5) is 0. The Morgan fingerprint density at radius 1 is 0.655 bits per heavy atom. The van der Waals surface area contributed by atoms with Crippen molar-refractivity contribution in [3.05, 3.63) is 29.8 Å². The largest absolute Gasteiger partial charge is 0.494 e. The normalized spacial score (nSPS) is 19.4. The minimum Gasteiger partial charge on any atom is -0.494 e. The highest BCUT2D eigenvalue weighted by Crippen LogP contribution is 2.38. The average molecular weight is 401 g/mol. The van der Waals surface area contributed by atoms with Crippen molar-refractivity contribution in [1.29, 1.82) is 0 Å². The number of benzene rings is 1. The lowest BCUT2D eigenvalue weighted by Crippen LogP contribution is -2.13. The molecule has 0 saturated heterocycles. The van der Waals surface area contributed by atoms with Crippen LogP contribution in [0.1, 0.15) is 134 Å². The molecule has 29 heavy (non-hydrogen) atoms. The van der Waals surface area contributed by atoms with E-state index in [4.69, 9.17) is 4.74 Å². The fraction of sp³-hybridized carbons (Fsp3) is 0.786. The van der Waals surface area contributed by atoms with Crippen LogP contribution in [-0.4, -0.2) is 6.61 Å². The molecule has 0 spiro atoms. The number of hydrogen-bond acceptors (Lipinski definition) is 1. The van der Waals surface area contributed by atoms with Crippen LogP contribution in [0.4, 0.5) is 0 Å². The smallest absolute Gasteiger partial charge is 0.119 e. The summed E-state index contributed by atoms with van der Waals surface area (Å²) in [6, 6.07) is 9.06. The molecular formula is C28H48O. The Morgan fingerprint density at radius 2 is 1.21 bits per heavy atom. The predicted octanol–water partition coefficient (Wildman–Crippen LogP) is 9.45. The van der Waals surface area contributed by atoms with E-state index in [1.165, 1.54) is 115 Å². The van der Waals surface area contributed by atoms with Crippen molar-refractivity contribution in [2.24, 2.45) is 5.92 Å². The molecule has 0 radical (unpaired) electrons. The van der Waals surface area contributed by atoms with Gasteiger partial charge in [0.1, 0.15) is 5.75 Å². The van der Waals surface area contributed by atoms with E-state index in [0.29, 0.717) is 0 Å². The Labute approximate surface area is 182 Å². The summed E-state index contributed by atoms with van der Waals surface area (Å²) >= 11 is 0. The number of rotatable bonds is 16. The molecule has 1 nitrogen and oxygen atoms in total. The molecule has 0 heterocycles. The highest BCUT2D eigenvalue weighted by molar-refractivity contribution is 5.29. The molecule has 0 aliphatic heterocycles. The van der Waals surface area contributed by atoms with E-state index >= 15 is 0 Å². The monoisotopic (exact) mass is 400 g/mol. The van der Waals surface area contributed by atoms with Gasteiger partial charge in [-0.15, -0.1) is 0 Å². The molecule has 1 aliphatic carbocycles. The zero-order valence-electron chi connectivity index (χ0n) is 19.6. The van der Waals surface area contributed by atoms with Crippen LogP contribution in [0.15, 0.2) is 24.3 Å². The van der Waals surface area contributed by atoms with Crippen molar-refractivity contribution in [2.75, 3.05) is 6.61 Å². The van der Waals surface area contributed by atoms with Gasteiger partial charge in [-0.1, -0.05) is 103 Å². The molecule has 0 unspecified atom stereocenters. The quantitative estimate of drug-likeness (QED) is 0.251. The number of unbranched alkanes of at least 4 members (excludes halogenated alkanes) is 10. The van der Waals surface area contributed by atoms with E-state index in [2.05, 4.69) is 38.1 Å². The first-order valence-corrected chi connectivity index (χ1v) is 13.1. The van der Waals surface area contributed by atoms with Gasteiger partial charge in [0.25, 0.3) is 0 Å². The van der Waals surface area contributed by atoms with Gasteiger partial charge in [0.2, 0.25) is 0 Å². The van der Waals surface area contributed by atoms with Gasteiger partial charge in [0.15, 0.2) is 0 Å². The third-order valence-corrected chi connectivity index (χ3v) is 6.93. The molecule has 0 aromatic heterocycles. The zero-order chi connectivity index (χ0) is 20.6. The SMILES string of the molecule is CCCCCCCCOc1ccc(C2CCC(CCCCCCCC)CC2)cc1. The van der Waals surface area contributed by atoms with Crippen molar-refractivity contribution in [2.45, 2.75) is 129 Å². The second-order valence-electron chi connectivity index (χ2n) is 9.46. The first-order valence-electron chi connectivity index (χ1n) is 13.1. The molecule has 1 heteroatoms. The Bertz CT molecular complexity index is 484. The lowest BCUT2D eigenvalue weighted by atomic mass is 9.77. The lowest BCUT2D eigenvalue weighted by molar-refractivity contribution is 0.299. The van der Waals surface area contributed by atoms with Crippen LogP contribution < -0.4 is 4.74 Å². The Kier molecular flexibility index (Phi) is 13.2. The summed E-state index contributed by atoms with van der Waals surface area (Å²) < 4.78 is 5.95. The van der Waals surface area contributed by atoms with Gasteiger partial charge in [-0.05, 0) is 61.6 Å². The average Bonchev–Trinajstić information content (AvgIpc) is 2.76. The highest BCUT2D eigenvalue weighted by Gasteiger charge is 2.22. The van der Waals surface area contributed by atoms with E-state index in [-0.39, 0.29) is 0 Å². The maximum Gasteiger partial charge on any atom is 0.119 e. The molecule has 1 saturated carbocycles. The number of hydrogen-bond donors (Lipinski definition) is 0. The topological polar surface area (TPSA) is 9.23 Å². The van der Waals surface area contributed by atoms with Crippen LogP contribution in [0.3, 0.4) is 0 Å². The fourth-order valence-electron chi connectivity index (χ4n) is 4.91. The molecule has 0 atom stereocenters. The van der Waals surface area contributed by atoms with Crippen molar-refractivity contribution >= 4 is 0 Å². The molecule has 1 aromatic rings. The van der Waals surface area contributed by atoms with Gasteiger partial charge in [-0.3, -0.25) is 0 Å². The Morgan fingerprint density at radius 3 is 1.83 bits per heavy atom. The fourth-order valence-corrected chi connectivity index (χ4v) is 4.91. The molecule has 0 amide bonds. The van der Waals surface area contributed by atoms with Crippen LogP contribution in [0.5, 0.6) is 5.75 Å². The molecule has 1 fully saturated rings. The minimum absolute atomic E-state index is 0.781. The van der Waals surface area contributed by atoms with Crippen molar-refractivity contribution < 1.29 is 4.74 Å². The van der Waals surface area contributed by atoms with Gasteiger partial charge in [-0.25, -0.2) is 0 Å². The van der Waals surface area contributed by atoms with Crippen LogP contribution in [0, 0.1) is 5.92 Å². The van der Waals surface area contributed by atoms with Gasteiger partial charge in [0, 0.05) is 0 Å². The van der Waals surface area contributed by atoms with E-state index < -0.39 is 0 Å². The third-order valence-electron chi connectivity index (χ3n) is 6.93. The maximum absolute atomic E-state index is 5.95. The Hall–Kier alpha value is -0.980. The second kappa shape index (κ2) is 15.8. The van der Waals surface area contributed by atoms with E-state index in [1.807, 2.05) is 0 Å². The van der Waals surface area contributed by atoms with Crippen LogP contribution >= 0.6 is 0 Å². The molecule has 2 rings (SSSR count). The zero-order valence-corrected chi connectivity index (χ0v) is 19.6. The number of ether oxygens (including phenoxy) is 1. The van der Waals surface area contributed by atoms with E-state index in [1.54, 1.807) is 0 Å². The van der Waals surface area contributed by atoms with E-state index in [9.17, 15) is 0 Å². The maximum atomic E-state index is 5.95. The predicted molar refractivity (Wildman–Crippen MR) is 128 cm³/mol. The summed E-state index contributed by atoms with van der Waals surface area (Å²) in [5.74, 6) is 2.83. The molecule has 166 valence electrons. The summed E-state index contributed by atoms with van der Waals surface area (Å²) in [5, 5.41) is 0. The highest BCUT2D eigenvalue weighted by atomic mass is 16.5. The van der Waals surface area contributed by atoms with Gasteiger partial charge >= 0.3 is 0 Å². The minimum atomic E-state index is 0.781. The summed E-state index contributed by atoms with van der Waals surface area (Å²) in [6.45, 7) is 5.44. The first-order chi connectivity index (χ1) is 14.3. The third kappa shape index (κ3) is 10.6. The first kappa shape index (κ1) is 24.3. The summed E-state index contributed by atoms with van der Waals surface area (Å²) in [7, 11) is 0. The van der Waals surface area contributed by atoms with Crippen molar-refractivity contribution in [1.82, 2.24) is 0 Å². The van der Waals surface area contributed by atoms with Crippen LogP contribution in [0.25, 0.3) is 0 Å². The van der Waals surface area contributed by atoms with Gasteiger partial charge < -0.3 is 4.74 Å². The Balaban J connectivity index is 1.56. The summed E-state index contributed by atoms with van der Waals surface area (Å²) in [6.07, 6.45) is 23.7. The van der Waals surface area contributed by atoms with Crippen molar-refractivity contribution in [3.8, 4) is 5.75 Å². The van der Waals surface area contributed by atoms with Crippen LogP contribution in [-0.2, 0) is 0 Å². The molecule has 1 aromatic carbocycles.